The fourth-order valence-electron chi connectivity index (χ4n) is 1.85. The molecule has 0 fully saturated rings. The minimum atomic E-state index is -0.108. The zero-order chi connectivity index (χ0) is 15.6. The van der Waals surface area contributed by atoms with E-state index in [1.165, 1.54) is 0 Å². The van der Waals surface area contributed by atoms with Crippen LogP contribution in [0.15, 0.2) is 34.8 Å². The zero-order valence-corrected chi connectivity index (χ0v) is 16.4. The maximum Gasteiger partial charge on any atom is 0.139 e. The average Bonchev–Trinajstić information content (AvgIpc) is 2.45. The first kappa shape index (κ1) is 17.4. The van der Waals surface area contributed by atoms with Crippen molar-refractivity contribution in [1.29, 1.82) is 0 Å². The minimum Gasteiger partial charge on any atom is -0.492 e. The van der Waals surface area contributed by atoms with E-state index in [2.05, 4.69) is 31.9 Å². The Labute approximate surface area is 155 Å². The van der Waals surface area contributed by atoms with Crippen LogP contribution in [-0.4, -0.2) is 6.61 Å². The van der Waals surface area contributed by atoms with Crippen molar-refractivity contribution in [3.8, 4) is 5.75 Å². The predicted octanol–water partition coefficient (Wildman–Crippen LogP) is 7.29. The van der Waals surface area contributed by atoms with Gasteiger partial charge in [0.25, 0.3) is 0 Å². The van der Waals surface area contributed by atoms with Gasteiger partial charge in [-0.15, -0.1) is 0 Å². The molecule has 0 saturated carbocycles. The molecule has 0 heterocycles. The molecule has 0 aliphatic carbocycles. The predicted molar refractivity (Wildman–Crippen MR) is 97.6 cm³/mol. The third-order valence-electron chi connectivity index (χ3n) is 2.86. The Balaban J connectivity index is 2.40. The highest BCUT2D eigenvalue weighted by Crippen LogP contribution is 2.41. The number of ether oxygens (including phenoxy) is 1. The normalized spacial score (nSPS) is 12.3. The van der Waals surface area contributed by atoms with Crippen LogP contribution in [0, 0.1) is 0 Å². The monoisotopic (exact) mass is 470 g/mol. The van der Waals surface area contributed by atoms with Crippen molar-refractivity contribution >= 4 is 66.7 Å². The lowest BCUT2D eigenvalue weighted by molar-refractivity contribution is 0.340. The maximum absolute atomic E-state index is 6.34. The largest absolute Gasteiger partial charge is 0.492 e. The molecule has 0 spiro atoms. The topological polar surface area (TPSA) is 9.23 Å². The summed E-state index contributed by atoms with van der Waals surface area (Å²) in [6.45, 7) is 2.44. The van der Waals surface area contributed by atoms with Gasteiger partial charge < -0.3 is 4.74 Å². The number of rotatable bonds is 4. The summed E-state index contributed by atoms with van der Waals surface area (Å²) < 4.78 is 6.28. The Hall–Kier alpha value is 0.0700. The van der Waals surface area contributed by atoms with E-state index in [0.717, 1.165) is 15.6 Å². The summed E-state index contributed by atoms with van der Waals surface area (Å²) in [5.41, 5.74) is 1.86. The fourth-order valence-corrected chi connectivity index (χ4v) is 3.57. The van der Waals surface area contributed by atoms with Crippen molar-refractivity contribution in [2.75, 3.05) is 6.61 Å². The summed E-state index contributed by atoms with van der Waals surface area (Å²) in [7, 11) is 0. The molecule has 0 amide bonds. The Morgan fingerprint density at radius 3 is 2.38 bits per heavy atom. The van der Waals surface area contributed by atoms with Crippen LogP contribution in [0.3, 0.4) is 0 Å². The van der Waals surface area contributed by atoms with E-state index in [1.807, 2.05) is 31.2 Å². The van der Waals surface area contributed by atoms with Crippen LogP contribution < -0.4 is 4.74 Å². The van der Waals surface area contributed by atoms with Crippen molar-refractivity contribution in [1.82, 2.24) is 0 Å². The van der Waals surface area contributed by atoms with Gasteiger partial charge in [-0.25, -0.2) is 0 Å². The zero-order valence-electron chi connectivity index (χ0n) is 11.0. The summed E-state index contributed by atoms with van der Waals surface area (Å²) in [4.78, 5) is -0.108. The van der Waals surface area contributed by atoms with Crippen LogP contribution in [0.25, 0.3) is 0 Å². The van der Waals surface area contributed by atoms with Gasteiger partial charge in [0.1, 0.15) is 5.75 Å². The molecule has 0 aliphatic rings. The Morgan fingerprint density at radius 2 is 1.76 bits per heavy atom. The van der Waals surface area contributed by atoms with E-state index in [-0.39, 0.29) is 4.83 Å². The molecule has 6 heteroatoms. The first-order valence-electron chi connectivity index (χ1n) is 6.14. The standard InChI is InChI=1S/C15H11Br2Cl3O/c1-2-21-14-7-11(18)9(6-13(14)20)15(17)8-3-4-10(16)12(19)5-8/h3-7,15H,2H2,1H3. The molecular formula is C15H11Br2Cl3O. The molecule has 2 aromatic carbocycles. The van der Waals surface area contributed by atoms with Gasteiger partial charge in [-0.3, -0.25) is 0 Å². The van der Waals surface area contributed by atoms with Crippen molar-refractivity contribution < 1.29 is 4.74 Å². The van der Waals surface area contributed by atoms with E-state index in [1.54, 1.807) is 6.07 Å². The molecule has 0 radical (unpaired) electrons. The molecule has 0 saturated heterocycles. The quantitative estimate of drug-likeness (QED) is 0.424. The van der Waals surface area contributed by atoms with Crippen molar-refractivity contribution in [3.05, 3.63) is 61.0 Å². The second-order valence-corrected chi connectivity index (χ2v) is 7.26. The van der Waals surface area contributed by atoms with E-state index in [9.17, 15) is 0 Å². The smallest absolute Gasteiger partial charge is 0.139 e. The third-order valence-corrected chi connectivity index (χ3v) is 5.74. The lowest BCUT2D eigenvalue weighted by atomic mass is 10.0. The Bertz CT molecular complexity index is 662. The SMILES string of the molecule is CCOc1cc(Cl)c(C(Br)c2ccc(Br)c(Cl)c2)cc1Cl. The Morgan fingerprint density at radius 1 is 1.05 bits per heavy atom. The lowest BCUT2D eigenvalue weighted by Crippen LogP contribution is -1.97. The molecule has 1 nitrogen and oxygen atoms in total. The van der Waals surface area contributed by atoms with Gasteiger partial charge in [-0.2, -0.15) is 0 Å². The van der Waals surface area contributed by atoms with Gasteiger partial charge in [-0.05, 0) is 52.2 Å². The van der Waals surface area contributed by atoms with E-state index in [0.29, 0.717) is 27.4 Å². The number of hydrogen-bond donors (Lipinski definition) is 0. The number of halogens is 5. The van der Waals surface area contributed by atoms with Gasteiger partial charge in [0, 0.05) is 15.6 Å². The summed E-state index contributed by atoms with van der Waals surface area (Å²) >= 11 is 25.7. The lowest BCUT2D eigenvalue weighted by Gasteiger charge is -2.16. The molecule has 1 unspecified atom stereocenters. The van der Waals surface area contributed by atoms with Crippen molar-refractivity contribution in [2.45, 2.75) is 11.8 Å². The van der Waals surface area contributed by atoms with Crippen LogP contribution >= 0.6 is 66.7 Å². The summed E-state index contributed by atoms with van der Waals surface area (Å²) in [6.07, 6.45) is 0. The van der Waals surface area contributed by atoms with Gasteiger partial charge in [0.15, 0.2) is 0 Å². The maximum atomic E-state index is 6.34. The van der Waals surface area contributed by atoms with Gasteiger partial charge >= 0.3 is 0 Å². The van der Waals surface area contributed by atoms with E-state index < -0.39 is 0 Å². The van der Waals surface area contributed by atoms with Crippen LogP contribution in [-0.2, 0) is 0 Å². The van der Waals surface area contributed by atoms with Crippen LogP contribution in [0.1, 0.15) is 22.9 Å². The fraction of sp³-hybridized carbons (Fsp3) is 0.200. The molecule has 21 heavy (non-hydrogen) atoms. The van der Waals surface area contributed by atoms with Gasteiger partial charge in [0.05, 0.1) is 21.5 Å². The van der Waals surface area contributed by atoms with Crippen molar-refractivity contribution in [3.63, 3.8) is 0 Å². The highest BCUT2D eigenvalue weighted by Gasteiger charge is 2.17. The molecule has 1 atom stereocenters. The summed E-state index contributed by atoms with van der Waals surface area (Å²) in [5.74, 6) is 0.585. The summed E-state index contributed by atoms with van der Waals surface area (Å²) in [6, 6.07) is 9.29. The molecule has 112 valence electrons. The second kappa shape index (κ2) is 7.56. The van der Waals surface area contributed by atoms with Crippen LogP contribution in [0.5, 0.6) is 5.75 Å². The second-order valence-electron chi connectivity index (χ2n) is 4.27. The molecular weight excluding hydrogens is 462 g/mol. The molecule has 2 aromatic rings. The van der Waals surface area contributed by atoms with Crippen molar-refractivity contribution in [2.24, 2.45) is 0 Å². The Kier molecular flexibility index (Phi) is 6.27. The first-order valence-corrected chi connectivity index (χ1v) is 8.99. The van der Waals surface area contributed by atoms with Gasteiger partial charge in [-0.1, -0.05) is 56.8 Å². The number of benzene rings is 2. The molecule has 0 aromatic heterocycles. The summed E-state index contributed by atoms with van der Waals surface area (Å²) in [5, 5.41) is 1.76. The van der Waals surface area contributed by atoms with E-state index in [4.69, 9.17) is 39.5 Å². The van der Waals surface area contributed by atoms with E-state index >= 15 is 0 Å². The molecule has 0 bridgehead atoms. The first-order chi connectivity index (χ1) is 9.93. The number of alkyl halides is 1. The average molecular weight is 473 g/mol. The highest BCUT2D eigenvalue weighted by atomic mass is 79.9. The highest BCUT2D eigenvalue weighted by molar-refractivity contribution is 9.10. The molecule has 2 rings (SSSR count). The van der Waals surface area contributed by atoms with Crippen LogP contribution in [0.4, 0.5) is 0 Å². The molecule has 0 N–H and O–H groups in total. The number of hydrogen-bond acceptors (Lipinski definition) is 1. The van der Waals surface area contributed by atoms with Crippen LogP contribution in [0.2, 0.25) is 15.1 Å². The molecule has 0 aliphatic heterocycles. The minimum absolute atomic E-state index is 0.108. The van der Waals surface area contributed by atoms with Gasteiger partial charge in [0.2, 0.25) is 0 Å². The third kappa shape index (κ3) is 4.08.